The van der Waals surface area contributed by atoms with E-state index in [-0.39, 0.29) is 0 Å². The van der Waals surface area contributed by atoms with Crippen molar-refractivity contribution in [1.82, 2.24) is 9.88 Å². The fraction of sp³-hybridized carbons (Fsp3) is 0.700. The Hall–Kier alpha value is -0.450. The van der Waals surface area contributed by atoms with Gasteiger partial charge in [-0.2, -0.15) is 0 Å². The fourth-order valence-electron chi connectivity index (χ4n) is 1.53. The molecular formula is C10H19N3S. The topological polar surface area (TPSA) is 42.2 Å². The summed E-state index contributed by atoms with van der Waals surface area (Å²) in [5.74, 6) is 0. The summed E-state index contributed by atoms with van der Waals surface area (Å²) in [6.45, 7) is 7.97. The van der Waals surface area contributed by atoms with E-state index in [1.807, 2.05) is 0 Å². The van der Waals surface area contributed by atoms with Gasteiger partial charge in [0.1, 0.15) is 0 Å². The minimum Gasteiger partial charge on any atom is -0.329 e. The predicted octanol–water partition coefficient (Wildman–Crippen LogP) is 1.71. The molecule has 0 aromatic carbocycles. The van der Waals surface area contributed by atoms with Crippen molar-refractivity contribution in [3.8, 4) is 0 Å². The van der Waals surface area contributed by atoms with Gasteiger partial charge in [0.25, 0.3) is 0 Å². The van der Waals surface area contributed by atoms with Crippen molar-refractivity contribution in [2.75, 3.05) is 20.1 Å². The number of rotatable bonds is 4. The molecule has 0 radical (unpaired) electrons. The monoisotopic (exact) mass is 213 g/mol. The van der Waals surface area contributed by atoms with E-state index in [1.54, 1.807) is 11.3 Å². The van der Waals surface area contributed by atoms with Crippen LogP contribution in [0.5, 0.6) is 0 Å². The molecule has 0 aliphatic rings. The molecule has 1 heterocycles. The second-order valence-corrected chi connectivity index (χ2v) is 4.86. The highest BCUT2D eigenvalue weighted by molar-refractivity contribution is 7.11. The van der Waals surface area contributed by atoms with Crippen molar-refractivity contribution >= 4 is 11.3 Å². The predicted molar refractivity (Wildman–Crippen MR) is 61.7 cm³/mol. The molecule has 0 aliphatic heterocycles. The van der Waals surface area contributed by atoms with Crippen molar-refractivity contribution in [3.63, 3.8) is 0 Å². The molecule has 0 saturated carbocycles. The molecule has 14 heavy (non-hydrogen) atoms. The summed E-state index contributed by atoms with van der Waals surface area (Å²) in [6.07, 6.45) is 0. The lowest BCUT2D eigenvalue weighted by atomic mass is 10.2. The van der Waals surface area contributed by atoms with E-state index in [2.05, 4.69) is 37.7 Å². The number of hydrogen-bond acceptors (Lipinski definition) is 4. The second-order valence-electron chi connectivity index (χ2n) is 3.63. The molecule has 1 atom stereocenters. The van der Waals surface area contributed by atoms with Crippen molar-refractivity contribution in [2.24, 2.45) is 5.73 Å². The van der Waals surface area contributed by atoms with E-state index in [0.717, 1.165) is 17.2 Å². The van der Waals surface area contributed by atoms with Crippen LogP contribution in [-0.2, 0) is 0 Å². The maximum Gasteiger partial charge on any atom is 0.0900 e. The Kier molecular flexibility index (Phi) is 4.04. The number of thiazole rings is 1. The first-order valence-electron chi connectivity index (χ1n) is 4.90. The van der Waals surface area contributed by atoms with E-state index in [4.69, 9.17) is 5.73 Å². The van der Waals surface area contributed by atoms with E-state index in [9.17, 15) is 0 Å². The summed E-state index contributed by atoms with van der Waals surface area (Å²) >= 11 is 1.78. The molecule has 0 bridgehead atoms. The van der Waals surface area contributed by atoms with Crippen molar-refractivity contribution in [2.45, 2.75) is 26.8 Å². The lowest BCUT2D eigenvalue weighted by molar-refractivity contribution is 0.271. The van der Waals surface area contributed by atoms with E-state index >= 15 is 0 Å². The fourth-order valence-corrected chi connectivity index (χ4v) is 2.58. The van der Waals surface area contributed by atoms with Gasteiger partial charge >= 0.3 is 0 Å². The lowest BCUT2D eigenvalue weighted by Crippen LogP contribution is -2.28. The maximum atomic E-state index is 5.53. The molecule has 0 aliphatic carbocycles. The third-order valence-electron chi connectivity index (χ3n) is 2.46. The minimum absolute atomic E-state index is 0.421. The number of likely N-dealkylation sites (N-methyl/N-ethyl adjacent to an activating group) is 1. The van der Waals surface area contributed by atoms with Crippen LogP contribution < -0.4 is 5.73 Å². The van der Waals surface area contributed by atoms with Crippen LogP contribution >= 0.6 is 11.3 Å². The molecule has 2 N–H and O–H groups in total. The van der Waals surface area contributed by atoms with Crippen LogP contribution in [0.25, 0.3) is 0 Å². The van der Waals surface area contributed by atoms with Crippen LogP contribution in [0.3, 0.4) is 0 Å². The average molecular weight is 213 g/mol. The molecular weight excluding hydrogens is 194 g/mol. The number of nitrogens with two attached hydrogens (primary N) is 1. The summed E-state index contributed by atoms with van der Waals surface area (Å²) in [5, 5.41) is 1.14. The second kappa shape index (κ2) is 4.87. The van der Waals surface area contributed by atoms with Crippen LogP contribution in [0.15, 0.2) is 0 Å². The Bertz CT molecular complexity index is 296. The zero-order valence-corrected chi connectivity index (χ0v) is 10.2. The largest absolute Gasteiger partial charge is 0.329 e. The zero-order valence-electron chi connectivity index (χ0n) is 9.37. The molecule has 0 spiro atoms. The van der Waals surface area contributed by atoms with Crippen LogP contribution in [-0.4, -0.2) is 30.0 Å². The van der Waals surface area contributed by atoms with E-state index in [1.165, 1.54) is 4.88 Å². The van der Waals surface area contributed by atoms with E-state index < -0.39 is 0 Å². The molecule has 0 saturated heterocycles. The zero-order chi connectivity index (χ0) is 10.7. The SMILES string of the molecule is Cc1nc(C)c(C(C)N(C)CCN)s1. The number of aromatic nitrogens is 1. The van der Waals surface area contributed by atoms with E-state index in [0.29, 0.717) is 12.6 Å². The highest BCUT2D eigenvalue weighted by Gasteiger charge is 2.16. The Morgan fingerprint density at radius 2 is 2.14 bits per heavy atom. The van der Waals surface area contributed by atoms with Gasteiger partial charge < -0.3 is 5.73 Å². The van der Waals surface area contributed by atoms with Crippen LogP contribution in [0, 0.1) is 13.8 Å². The standard InChI is InChI=1S/C10H19N3S/c1-7-10(14-9(3)12-7)8(2)13(4)6-5-11/h8H,5-6,11H2,1-4H3. The van der Waals surface area contributed by atoms with Crippen molar-refractivity contribution in [3.05, 3.63) is 15.6 Å². The van der Waals surface area contributed by atoms with Gasteiger partial charge in [-0.15, -0.1) is 11.3 Å². The van der Waals surface area contributed by atoms with Gasteiger partial charge in [0.05, 0.1) is 10.7 Å². The maximum absolute atomic E-state index is 5.53. The van der Waals surface area contributed by atoms with Crippen LogP contribution in [0.1, 0.15) is 28.5 Å². The molecule has 1 rings (SSSR count). The first-order chi connectivity index (χ1) is 6.56. The third kappa shape index (κ3) is 2.53. The molecule has 0 fully saturated rings. The Morgan fingerprint density at radius 3 is 2.57 bits per heavy atom. The lowest BCUT2D eigenvalue weighted by Gasteiger charge is -2.23. The normalized spacial score (nSPS) is 13.6. The van der Waals surface area contributed by atoms with Crippen LogP contribution in [0.2, 0.25) is 0 Å². The number of aryl methyl sites for hydroxylation is 2. The number of hydrogen-bond donors (Lipinski definition) is 1. The molecule has 1 unspecified atom stereocenters. The first kappa shape index (κ1) is 11.6. The Balaban J connectivity index is 2.77. The van der Waals surface area contributed by atoms with Crippen molar-refractivity contribution < 1.29 is 0 Å². The minimum atomic E-state index is 0.421. The Labute approximate surface area is 89.9 Å². The Morgan fingerprint density at radius 1 is 1.50 bits per heavy atom. The summed E-state index contributed by atoms with van der Waals surface area (Å²) in [4.78, 5) is 8.06. The highest BCUT2D eigenvalue weighted by Crippen LogP contribution is 2.27. The van der Waals surface area contributed by atoms with Gasteiger partial charge in [0.15, 0.2) is 0 Å². The first-order valence-corrected chi connectivity index (χ1v) is 5.72. The summed E-state index contributed by atoms with van der Waals surface area (Å²) in [5.41, 5.74) is 6.69. The third-order valence-corrected chi connectivity index (χ3v) is 3.70. The molecule has 0 amide bonds. The van der Waals surface area contributed by atoms with Crippen LogP contribution in [0.4, 0.5) is 0 Å². The van der Waals surface area contributed by atoms with Gasteiger partial charge in [-0.05, 0) is 27.8 Å². The highest BCUT2D eigenvalue weighted by atomic mass is 32.1. The smallest absolute Gasteiger partial charge is 0.0900 e. The summed E-state index contributed by atoms with van der Waals surface area (Å²) in [6, 6.07) is 0.421. The van der Waals surface area contributed by atoms with Gasteiger partial charge in [0, 0.05) is 24.0 Å². The quantitative estimate of drug-likeness (QED) is 0.828. The molecule has 3 nitrogen and oxygen atoms in total. The van der Waals surface area contributed by atoms with Gasteiger partial charge in [-0.1, -0.05) is 0 Å². The molecule has 4 heteroatoms. The molecule has 1 aromatic heterocycles. The molecule has 1 aromatic rings. The average Bonchev–Trinajstić information content (AvgIpc) is 2.44. The van der Waals surface area contributed by atoms with Gasteiger partial charge in [-0.25, -0.2) is 4.98 Å². The van der Waals surface area contributed by atoms with Gasteiger partial charge in [-0.3, -0.25) is 4.90 Å². The van der Waals surface area contributed by atoms with Gasteiger partial charge in [0.2, 0.25) is 0 Å². The summed E-state index contributed by atoms with van der Waals surface area (Å²) in [7, 11) is 2.10. The summed E-state index contributed by atoms with van der Waals surface area (Å²) < 4.78 is 0. The number of nitrogens with zero attached hydrogens (tertiary/aromatic N) is 2. The van der Waals surface area contributed by atoms with Crippen molar-refractivity contribution in [1.29, 1.82) is 0 Å². The molecule has 80 valence electrons.